The first-order chi connectivity index (χ1) is 11.1. The molecule has 0 radical (unpaired) electrons. The van der Waals surface area contributed by atoms with Gasteiger partial charge in [0.2, 0.25) is 5.91 Å². The highest BCUT2D eigenvalue weighted by atomic mass is 16.2. The summed E-state index contributed by atoms with van der Waals surface area (Å²) in [6.45, 7) is 5.16. The van der Waals surface area contributed by atoms with Crippen LogP contribution in [0.4, 0.5) is 11.6 Å². The molecular formula is C17H21N5O. The fraction of sp³-hybridized carbons (Fsp3) is 0.412. The minimum atomic E-state index is 0.149. The third-order valence-corrected chi connectivity index (χ3v) is 4.16. The van der Waals surface area contributed by atoms with Gasteiger partial charge in [0.1, 0.15) is 11.6 Å². The first-order valence-electron chi connectivity index (χ1n) is 7.90. The second-order valence-corrected chi connectivity index (χ2v) is 5.90. The van der Waals surface area contributed by atoms with Crippen molar-refractivity contribution in [3.05, 3.63) is 42.0 Å². The molecule has 6 heteroatoms. The number of rotatable bonds is 3. The lowest BCUT2D eigenvalue weighted by Gasteiger charge is -2.30. The largest absolute Gasteiger partial charge is 0.343 e. The molecule has 1 N–H and O–H groups in total. The summed E-state index contributed by atoms with van der Waals surface area (Å²) < 4.78 is 0. The van der Waals surface area contributed by atoms with E-state index in [4.69, 9.17) is 0 Å². The van der Waals surface area contributed by atoms with Crippen molar-refractivity contribution in [1.29, 1.82) is 0 Å². The van der Waals surface area contributed by atoms with E-state index in [0.29, 0.717) is 11.7 Å². The number of piperidine rings is 1. The van der Waals surface area contributed by atoms with Gasteiger partial charge in [-0.1, -0.05) is 6.07 Å². The summed E-state index contributed by atoms with van der Waals surface area (Å²) in [6, 6.07) is 5.82. The Morgan fingerprint density at radius 1 is 1.17 bits per heavy atom. The van der Waals surface area contributed by atoms with Gasteiger partial charge in [0.05, 0.1) is 11.9 Å². The molecule has 1 fully saturated rings. The van der Waals surface area contributed by atoms with Gasteiger partial charge in [-0.05, 0) is 31.9 Å². The molecule has 0 aliphatic carbocycles. The Kier molecular flexibility index (Phi) is 4.50. The number of anilines is 2. The van der Waals surface area contributed by atoms with Gasteiger partial charge in [-0.25, -0.2) is 9.97 Å². The molecule has 1 aliphatic rings. The summed E-state index contributed by atoms with van der Waals surface area (Å²) in [4.78, 5) is 26.7. The molecule has 1 aliphatic heterocycles. The molecule has 120 valence electrons. The number of aromatic nitrogens is 3. The number of amides is 1. The topological polar surface area (TPSA) is 71.0 Å². The van der Waals surface area contributed by atoms with Gasteiger partial charge >= 0.3 is 0 Å². The molecule has 0 bridgehead atoms. The number of aryl methyl sites for hydroxylation is 1. The van der Waals surface area contributed by atoms with Gasteiger partial charge in [-0.3, -0.25) is 9.78 Å². The summed E-state index contributed by atoms with van der Waals surface area (Å²) in [5.74, 6) is 1.97. The van der Waals surface area contributed by atoms with Crippen LogP contribution in [0.15, 0.2) is 30.6 Å². The summed E-state index contributed by atoms with van der Waals surface area (Å²) in [5, 5.41) is 3.20. The highest BCUT2D eigenvalue weighted by molar-refractivity contribution is 5.73. The molecule has 2 aromatic rings. The van der Waals surface area contributed by atoms with Gasteiger partial charge in [-0.2, -0.15) is 0 Å². The van der Waals surface area contributed by atoms with E-state index in [-0.39, 0.29) is 5.91 Å². The molecule has 0 spiro atoms. The number of nitrogens with zero attached hydrogens (tertiary/aromatic N) is 4. The van der Waals surface area contributed by atoms with E-state index in [1.54, 1.807) is 13.1 Å². The first-order valence-corrected chi connectivity index (χ1v) is 7.90. The van der Waals surface area contributed by atoms with Crippen LogP contribution in [0.2, 0.25) is 0 Å². The smallest absolute Gasteiger partial charge is 0.219 e. The second-order valence-electron chi connectivity index (χ2n) is 5.90. The molecule has 3 rings (SSSR count). The Morgan fingerprint density at radius 3 is 2.65 bits per heavy atom. The van der Waals surface area contributed by atoms with Crippen molar-refractivity contribution >= 4 is 17.5 Å². The number of hydrogen-bond donors (Lipinski definition) is 1. The average Bonchev–Trinajstić information content (AvgIpc) is 2.55. The van der Waals surface area contributed by atoms with Crippen molar-refractivity contribution in [1.82, 2.24) is 19.9 Å². The van der Waals surface area contributed by atoms with Crippen LogP contribution < -0.4 is 5.32 Å². The molecule has 23 heavy (non-hydrogen) atoms. The molecule has 2 aromatic heterocycles. The number of carbonyl (C=O) groups is 1. The third-order valence-electron chi connectivity index (χ3n) is 4.16. The van der Waals surface area contributed by atoms with Crippen LogP contribution in [0.3, 0.4) is 0 Å². The first kappa shape index (κ1) is 15.4. The Hall–Kier alpha value is -2.50. The number of hydrogen-bond acceptors (Lipinski definition) is 5. The zero-order valence-corrected chi connectivity index (χ0v) is 13.5. The standard InChI is InChI=1S/C17H21N5O/c1-12-4-3-5-16(19-12)21-17-11-18-10-15(20-17)14-6-8-22(9-7-14)13(2)23/h3-5,10-11,14H,6-9H2,1-2H3,(H,19,20,21). The molecule has 0 atom stereocenters. The van der Waals surface area contributed by atoms with E-state index in [9.17, 15) is 4.79 Å². The van der Waals surface area contributed by atoms with E-state index < -0.39 is 0 Å². The van der Waals surface area contributed by atoms with E-state index in [1.165, 1.54) is 0 Å². The van der Waals surface area contributed by atoms with Crippen LogP contribution in [0.1, 0.15) is 37.1 Å². The maximum atomic E-state index is 11.4. The van der Waals surface area contributed by atoms with Crippen LogP contribution in [0.25, 0.3) is 0 Å². The van der Waals surface area contributed by atoms with Crippen molar-refractivity contribution in [2.24, 2.45) is 0 Å². The Labute approximate surface area is 136 Å². The van der Waals surface area contributed by atoms with E-state index in [1.807, 2.05) is 36.2 Å². The molecule has 0 unspecified atom stereocenters. The second kappa shape index (κ2) is 6.73. The molecule has 1 amide bonds. The number of pyridine rings is 1. The van der Waals surface area contributed by atoms with Crippen molar-refractivity contribution < 1.29 is 4.79 Å². The lowest BCUT2D eigenvalue weighted by Crippen LogP contribution is -2.36. The molecule has 3 heterocycles. The summed E-state index contributed by atoms with van der Waals surface area (Å²) >= 11 is 0. The van der Waals surface area contributed by atoms with E-state index >= 15 is 0 Å². The normalized spacial score (nSPS) is 15.5. The maximum absolute atomic E-state index is 11.4. The van der Waals surface area contributed by atoms with Crippen molar-refractivity contribution in [3.63, 3.8) is 0 Å². The van der Waals surface area contributed by atoms with Gasteiger partial charge in [0.15, 0.2) is 0 Å². The Bertz CT molecular complexity index is 695. The van der Waals surface area contributed by atoms with Crippen LogP contribution in [-0.2, 0) is 4.79 Å². The zero-order chi connectivity index (χ0) is 16.2. The zero-order valence-electron chi connectivity index (χ0n) is 13.5. The molecule has 1 saturated heterocycles. The average molecular weight is 311 g/mol. The fourth-order valence-corrected chi connectivity index (χ4v) is 2.87. The summed E-state index contributed by atoms with van der Waals surface area (Å²) in [5.41, 5.74) is 1.93. The van der Waals surface area contributed by atoms with Crippen LogP contribution >= 0.6 is 0 Å². The summed E-state index contributed by atoms with van der Waals surface area (Å²) in [7, 11) is 0. The Morgan fingerprint density at radius 2 is 1.96 bits per heavy atom. The predicted octanol–water partition coefficient (Wildman–Crippen LogP) is 2.65. The van der Waals surface area contributed by atoms with Crippen molar-refractivity contribution in [3.8, 4) is 0 Å². The lowest BCUT2D eigenvalue weighted by molar-refractivity contribution is -0.129. The fourth-order valence-electron chi connectivity index (χ4n) is 2.87. The van der Waals surface area contributed by atoms with Crippen LogP contribution in [0.5, 0.6) is 0 Å². The predicted molar refractivity (Wildman–Crippen MR) is 88.5 cm³/mol. The molecule has 0 aromatic carbocycles. The lowest BCUT2D eigenvalue weighted by atomic mass is 9.94. The highest BCUT2D eigenvalue weighted by Gasteiger charge is 2.23. The van der Waals surface area contributed by atoms with Crippen LogP contribution in [-0.4, -0.2) is 38.8 Å². The van der Waals surface area contributed by atoms with Crippen molar-refractivity contribution in [2.75, 3.05) is 18.4 Å². The molecule has 0 saturated carbocycles. The van der Waals surface area contributed by atoms with Crippen LogP contribution in [0, 0.1) is 6.92 Å². The van der Waals surface area contributed by atoms with Crippen molar-refractivity contribution in [2.45, 2.75) is 32.6 Å². The van der Waals surface area contributed by atoms with E-state index in [0.717, 1.165) is 43.1 Å². The SMILES string of the molecule is CC(=O)N1CCC(c2cncc(Nc3cccc(C)n3)n2)CC1. The minimum Gasteiger partial charge on any atom is -0.343 e. The quantitative estimate of drug-likeness (QED) is 0.943. The highest BCUT2D eigenvalue weighted by Crippen LogP contribution is 2.27. The number of nitrogens with one attached hydrogen (secondary N) is 1. The molecular weight excluding hydrogens is 290 g/mol. The summed E-state index contributed by atoms with van der Waals surface area (Å²) in [6.07, 6.45) is 5.39. The van der Waals surface area contributed by atoms with Gasteiger partial charge < -0.3 is 10.2 Å². The minimum absolute atomic E-state index is 0.149. The molecule has 6 nitrogen and oxygen atoms in total. The monoisotopic (exact) mass is 311 g/mol. The van der Waals surface area contributed by atoms with E-state index in [2.05, 4.69) is 20.3 Å². The third kappa shape index (κ3) is 3.83. The van der Waals surface area contributed by atoms with Gasteiger partial charge in [0, 0.05) is 37.8 Å². The van der Waals surface area contributed by atoms with Gasteiger partial charge in [0.25, 0.3) is 0 Å². The number of carbonyl (C=O) groups excluding carboxylic acids is 1. The van der Waals surface area contributed by atoms with Gasteiger partial charge in [-0.15, -0.1) is 0 Å². The Balaban J connectivity index is 1.69. The maximum Gasteiger partial charge on any atom is 0.219 e. The number of likely N-dealkylation sites (tertiary alicyclic amines) is 1.